The second kappa shape index (κ2) is 7.90. The molecule has 0 heterocycles. The van der Waals surface area contributed by atoms with Gasteiger partial charge in [0.05, 0.1) is 0 Å². The van der Waals surface area contributed by atoms with Crippen LogP contribution in [-0.4, -0.2) is 33.5 Å². The third kappa shape index (κ3) is 5.53. The molecule has 14 heavy (non-hydrogen) atoms. The summed E-state index contributed by atoms with van der Waals surface area (Å²) in [6.45, 7) is 7.35. The van der Waals surface area contributed by atoms with E-state index in [4.69, 9.17) is 36.5 Å². The molecule has 0 spiro atoms. The van der Waals surface area contributed by atoms with Crippen molar-refractivity contribution in [3.05, 3.63) is 0 Å². The van der Waals surface area contributed by atoms with Crippen LogP contribution in [-0.2, 0) is 13.3 Å². The highest BCUT2D eigenvalue weighted by molar-refractivity contribution is 6.64. The van der Waals surface area contributed by atoms with Gasteiger partial charge in [0.15, 0.2) is 0 Å². The van der Waals surface area contributed by atoms with E-state index >= 15 is 0 Å². The maximum Gasteiger partial charge on any atom is 0.503 e. The summed E-state index contributed by atoms with van der Waals surface area (Å²) in [4.78, 5) is -0.508. The minimum absolute atomic E-state index is 0.436. The van der Waals surface area contributed by atoms with Crippen LogP contribution in [0.15, 0.2) is 0 Å². The minimum Gasteiger partial charge on any atom is -0.374 e. The Morgan fingerprint density at radius 1 is 0.929 bits per heavy atom. The van der Waals surface area contributed by atoms with Crippen molar-refractivity contribution in [3.63, 3.8) is 0 Å². The van der Waals surface area contributed by atoms with E-state index in [2.05, 4.69) is 0 Å². The second-order valence-corrected chi connectivity index (χ2v) is 6.49. The molecule has 0 aliphatic carbocycles. The van der Waals surface area contributed by atoms with Crippen LogP contribution in [0.5, 0.6) is 0 Å². The Balaban J connectivity index is 4.37. The van der Waals surface area contributed by atoms with Crippen LogP contribution in [0.1, 0.15) is 20.8 Å². The van der Waals surface area contributed by atoms with Crippen molar-refractivity contribution in [2.24, 2.45) is 0 Å². The largest absolute Gasteiger partial charge is 0.503 e. The van der Waals surface area contributed by atoms with E-state index in [-0.39, 0.29) is 0 Å². The maximum absolute atomic E-state index is 5.73. The van der Waals surface area contributed by atoms with E-state index in [0.29, 0.717) is 25.9 Å². The monoisotopic (exact) mass is 260 g/mol. The first-order valence-corrected chi connectivity index (χ1v) is 7.60. The lowest BCUT2D eigenvalue weighted by atomic mass is 10.9. The van der Waals surface area contributed by atoms with Crippen molar-refractivity contribution in [1.29, 1.82) is 0 Å². The summed E-state index contributed by atoms with van der Waals surface area (Å²) in [6, 6.07) is 0.436. The predicted molar refractivity (Wildman–Crippen MR) is 60.9 cm³/mol. The predicted octanol–water partition coefficient (Wildman–Crippen LogP) is 2.84. The van der Waals surface area contributed by atoms with Crippen LogP contribution in [0.4, 0.5) is 0 Å². The molecule has 86 valence electrons. The molecule has 0 aliphatic rings. The topological polar surface area (TPSA) is 27.7 Å². The first kappa shape index (κ1) is 14.7. The fraction of sp³-hybridized carbons (Fsp3) is 1.00. The fourth-order valence-corrected chi connectivity index (χ4v) is 4.59. The summed E-state index contributed by atoms with van der Waals surface area (Å²) >= 11 is 11.5. The van der Waals surface area contributed by atoms with E-state index in [1.165, 1.54) is 0 Å². The lowest BCUT2D eigenvalue weighted by Crippen LogP contribution is -2.47. The zero-order valence-electron chi connectivity index (χ0n) is 8.89. The first-order valence-electron chi connectivity index (χ1n) is 4.80. The summed E-state index contributed by atoms with van der Waals surface area (Å²) in [6.07, 6.45) is 0. The maximum atomic E-state index is 5.73. The van der Waals surface area contributed by atoms with Gasteiger partial charge in [-0.1, -0.05) is 0 Å². The average Bonchev–Trinajstić information content (AvgIpc) is 2.03. The van der Waals surface area contributed by atoms with Gasteiger partial charge in [0.2, 0.25) is 0 Å². The molecule has 0 radical (unpaired) electrons. The number of hydrogen-bond acceptors (Lipinski definition) is 3. The van der Waals surface area contributed by atoms with Gasteiger partial charge in [0, 0.05) is 25.9 Å². The fourth-order valence-electron chi connectivity index (χ4n) is 1.15. The minimum atomic E-state index is -2.62. The summed E-state index contributed by atoms with van der Waals surface area (Å²) in [5.74, 6) is 0. The molecule has 0 aromatic heterocycles. The SMILES string of the molecule is CCO[Si](CC(Cl)Cl)(OCC)OCC. The van der Waals surface area contributed by atoms with Gasteiger partial charge >= 0.3 is 8.80 Å². The molecule has 0 unspecified atom stereocenters. The summed E-state index contributed by atoms with van der Waals surface area (Å²) < 4.78 is 16.6. The Kier molecular flexibility index (Phi) is 8.28. The smallest absolute Gasteiger partial charge is 0.374 e. The quantitative estimate of drug-likeness (QED) is 0.496. The molecule has 0 amide bonds. The molecule has 0 rings (SSSR count). The summed E-state index contributed by atoms with van der Waals surface area (Å²) in [7, 11) is -2.62. The molecule has 0 atom stereocenters. The van der Waals surface area contributed by atoms with Crippen molar-refractivity contribution in [3.8, 4) is 0 Å². The van der Waals surface area contributed by atoms with Gasteiger partial charge < -0.3 is 13.3 Å². The molecular formula is C8H18Cl2O3Si. The van der Waals surface area contributed by atoms with Crippen LogP contribution >= 0.6 is 23.2 Å². The number of alkyl halides is 2. The third-order valence-electron chi connectivity index (χ3n) is 1.50. The zero-order chi connectivity index (χ0) is 11.0. The molecule has 0 fully saturated rings. The summed E-state index contributed by atoms with van der Waals surface area (Å²) in [5, 5.41) is 0. The molecular weight excluding hydrogens is 243 g/mol. The van der Waals surface area contributed by atoms with Crippen molar-refractivity contribution in [2.75, 3.05) is 19.8 Å². The van der Waals surface area contributed by atoms with E-state index < -0.39 is 13.6 Å². The van der Waals surface area contributed by atoms with Gasteiger partial charge in [0.25, 0.3) is 0 Å². The molecule has 0 N–H and O–H groups in total. The van der Waals surface area contributed by atoms with Crippen LogP contribution in [0.2, 0.25) is 6.04 Å². The molecule has 6 heteroatoms. The highest BCUT2D eigenvalue weighted by Crippen LogP contribution is 2.23. The lowest BCUT2D eigenvalue weighted by molar-refractivity contribution is 0.0722. The van der Waals surface area contributed by atoms with Gasteiger partial charge in [-0.25, -0.2) is 0 Å². The van der Waals surface area contributed by atoms with Gasteiger partial charge in [0.1, 0.15) is 4.84 Å². The van der Waals surface area contributed by atoms with Crippen LogP contribution in [0.3, 0.4) is 0 Å². The van der Waals surface area contributed by atoms with Gasteiger partial charge in [-0.3, -0.25) is 0 Å². The Bertz CT molecular complexity index is 130. The average molecular weight is 261 g/mol. The second-order valence-electron chi connectivity index (χ2n) is 2.58. The van der Waals surface area contributed by atoms with E-state index in [1.807, 2.05) is 20.8 Å². The van der Waals surface area contributed by atoms with Crippen LogP contribution in [0.25, 0.3) is 0 Å². The lowest BCUT2D eigenvalue weighted by Gasteiger charge is -2.28. The highest BCUT2D eigenvalue weighted by Gasteiger charge is 2.42. The Labute approximate surface area is 97.0 Å². The van der Waals surface area contributed by atoms with Gasteiger partial charge in [-0.2, -0.15) is 0 Å². The summed E-state index contributed by atoms with van der Waals surface area (Å²) in [5.41, 5.74) is 0. The highest BCUT2D eigenvalue weighted by atomic mass is 35.5. The zero-order valence-corrected chi connectivity index (χ0v) is 11.4. The van der Waals surface area contributed by atoms with Crippen molar-refractivity contribution < 1.29 is 13.3 Å². The van der Waals surface area contributed by atoms with Crippen molar-refractivity contribution >= 4 is 32.0 Å². The molecule has 0 aromatic rings. The van der Waals surface area contributed by atoms with E-state index in [1.54, 1.807) is 0 Å². The van der Waals surface area contributed by atoms with E-state index in [9.17, 15) is 0 Å². The normalized spacial score (nSPS) is 12.4. The van der Waals surface area contributed by atoms with Gasteiger partial charge in [-0.15, -0.1) is 23.2 Å². The number of rotatable bonds is 8. The molecule has 0 aromatic carbocycles. The first-order chi connectivity index (χ1) is 6.60. The Morgan fingerprint density at radius 2 is 1.29 bits per heavy atom. The standard InChI is InChI=1S/C8H18Cl2O3Si/c1-4-11-14(12-5-2,13-6-3)7-8(9)10/h8H,4-7H2,1-3H3. The van der Waals surface area contributed by atoms with Crippen LogP contribution < -0.4 is 0 Å². The third-order valence-corrected chi connectivity index (χ3v) is 5.42. The molecule has 0 bridgehead atoms. The molecule has 0 saturated heterocycles. The van der Waals surface area contributed by atoms with Gasteiger partial charge in [-0.05, 0) is 20.8 Å². The molecule has 0 aliphatic heterocycles. The van der Waals surface area contributed by atoms with Crippen molar-refractivity contribution in [1.82, 2.24) is 0 Å². The van der Waals surface area contributed by atoms with Crippen molar-refractivity contribution in [2.45, 2.75) is 31.7 Å². The Hall–Kier alpha value is 0.677. The number of halogens is 2. The van der Waals surface area contributed by atoms with E-state index in [0.717, 1.165) is 0 Å². The Morgan fingerprint density at radius 3 is 1.50 bits per heavy atom. The molecule has 0 saturated carbocycles. The van der Waals surface area contributed by atoms with Crippen LogP contribution in [0, 0.1) is 0 Å². The molecule has 3 nitrogen and oxygen atoms in total. The number of hydrogen-bond donors (Lipinski definition) is 0.